The molecule has 21 heavy (non-hydrogen) atoms. The number of ether oxygens (including phenoxy) is 3. The first-order valence-electron chi connectivity index (χ1n) is 6.29. The fourth-order valence-corrected chi connectivity index (χ4v) is 2.54. The van der Waals surface area contributed by atoms with Crippen molar-refractivity contribution in [3.05, 3.63) is 52.5 Å². The molecule has 2 rings (SSSR count). The van der Waals surface area contributed by atoms with E-state index in [9.17, 15) is 0 Å². The Bertz CT molecular complexity index is 607. The van der Waals surface area contributed by atoms with Crippen LogP contribution in [0.15, 0.2) is 36.4 Å². The van der Waals surface area contributed by atoms with Crippen LogP contribution in [-0.2, 0) is 0 Å². The maximum atomic E-state index is 6.55. The van der Waals surface area contributed by atoms with Crippen LogP contribution in [0.2, 0.25) is 5.02 Å². The fraction of sp³-hybridized carbons (Fsp3) is 0.250. The highest BCUT2D eigenvalue weighted by Gasteiger charge is 2.15. The lowest BCUT2D eigenvalue weighted by molar-refractivity contribution is 0.393. The molecule has 2 aromatic rings. The number of methoxy groups -OCH3 is 3. The molecule has 3 nitrogen and oxygen atoms in total. The molecule has 1 atom stereocenters. The molecule has 0 saturated carbocycles. The van der Waals surface area contributed by atoms with Gasteiger partial charge in [-0.15, -0.1) is 11.6 Å². The molecular weight excluding hydrogens is 311 g/mol. The molecule has 0 aliphatic heterocycles. The molecule has 0 amide bonds. The van der Waals surface area contributed by atoms with Crippen molar-refractivity contribution in [2.24, 2.45) is 0 Å². The van der Waals surface area contributed by atoms with Crippen molar-refractivity contribution < 1.29 is 14.2 Å². The molecule has 0 aliphatic carbocycles. The van der Waals surface area contributed by atoms with Crippen LogP contribution >= 0.6 is 23.2 Å². The second-order valence-corrected chi connectivity index (χ2v) is 5.25. The third-order valence-electron chi connectivity index (χ3n) is 3.13. The van der Waals surface area contributed by atoms with Gasteiger partial charge in [0.2, 0.25) is 0 Å². The van der Waals surface area contributed by atoms with Gasteiger partial charge in [0.1, 0.15) is 17.2 Å². The van der Waals surface area contributed by atoms with Gasteiger partial charge in [0.25, 0.3) is 0 Å². The third kappa shape index (κ3) is 3.55. The first-order valence-corrected chi connectivity index (χ1v) is 7.11. The molecule has 1 unspecified atom stereocenters. The number of hydrogen-bond donors (Lipinski definition) is 0. The van der Waals surface area contributed by atoms with E-state index in [1.807, 2.05) is 18.2 Å². The molecule has 112 valence electrons. The molecule has 0 aromatic heterocycles. The number of benzene rings is 2. The van der Waals surface area contributed by atoms with E-state index in [1.54, 1.807) is 39.5 Å². The lowest BCUT2D eigenvalue weighted by Crippen LogP contribution is -1.97. The Kier molecular flexibility index (Phi) is 5.21. The molecule has 0 aliphatic rings. The van der Waals surface area contributed by atoms with Gasteiger partial charge < -0.3 is 14.2 Å². The monoisotopic (exact) mass is 326 g/mol. The molecule has 0 spiro atoms. The highest BCUT2D eigenvalue weighted by Crippen LogP contribution is 2.36. The first kappa shape index (κ1) is 15.8. The Balaban J connectivity index is 2.39. The second kappa shape index (κ2) is 6.92. The van der Waals surface area contributed by atoms with Crippen LogP contribution in [0.25, 0.3) is 0 Å². The van der Waals surface area contributed by atoms with Crippen molar-refractivity contribution in [2.75, 3.05) is 21.3 Å². The highest BCUT2D eigenvalue weighted by molar-refractivity contribution is 6.32. The smallest absolute Gasteiger partial charge is 0.137 e. The average Bonchev–Trinajstić information content (AvgIpc) is 2.53. The molecule has 0 bridgehead atoms. The highest BCUT2D eigenvalue weighted by atomic mass is 35.5. The zero-order valence-electron chi connectivity index (χ0n) is 12.0. The largest absolute Gasteiger partial charge is 0.497 e. The first-order chi connectivity index (χ1) is 10.1. The summed E-state index contributed by atoms with van der Waals surface area (Å²) < 4.78 is 15.7. The average molecular weight is 327 g/mol. The summed E-state index contributed by atoms with van der Waals surface area (Å²) >= 11 is 12.7. The fourth-order valence-electron chi connectivity index (χ4n) is 2.01. The number of halogens is 2. The molecule has 0 heterocycles. The molecular formula is C16H16Cl2O3. The number of alkyl halides is 1. The summed E-state index contributed by atoms with van der Waals surface area (Å²) in [6.45, 7) is 0. The van der Waals surface area contributed by atoms with Crippen LogP contribution < -0.4 is 14.2 Å². The predicted molar refractivity (Wildman–Crippen MR) is 85.2 cm³/mol. The van der Waals surface area contributed by atoms with Gasteiger partial charge in [0.15, 0.2) is 0 Å². The minimum Gasteiger partial charge on any atom is -0.497 e. The number of rotatable bonds is 5. The minimum atomic E-state index is -0.364. The zero-order chi connectivity index (χ0) is 15.4. The van der Waals surface area contributed by atoms with Crippen LogP contribution in [0.4, 0.5) is 0 Å². The van der Waals surface area contributed by atoms with Crippen molar-refractivity contribution >= 4 is 23.2 Å². The van der Waals surface area contributed by atoms with Crippen LogP contribution in [0.5, 0.6) is 17.2 Å². The minimum absolute atomic E-state index is 0.364. The summed E-state index contributed by atoms with van der Waals surface area (Å²) in [7, 11) is 4.78. The summed E-state index contributed by atoms with van der Waals surface area (Å²) in [5.41, 5.74) is 1.74. The summed E-state index contributed by atoms with van der Waals surface area (Å²) in [5, 5.41) is 0.160. The zero-order valence-corrected chi connectivity index (χ0v) is 13.5. The van der Waals surface area contributed by atoms with Crippen LogP contribution in [0.3, 0.4) is 0 Å². The van der Waals surface area contributed by atoms with Crippen molar-refractivity contribution in [3.8, 4) is 17.2 Å². The predicted octanol–water partition coefficient (Wildman–Crippen LogP) is 4.69. The van der Waals surface area contributed by atoms with Crippen LogP contribution in [-0.4, -0.2) is 21.3 Å². The lowest BCUT2D eigenvalue weighted by atomic mass is 10.0. The van der Waals surface area contributed by atoms with Crippen molar-refractivity contribution in [1.82, 2.24) is 0 Å². The van der Waals surface area contributed by atoms with Gasteiger partial charge >= 0.3 is 0 Å². The van der Waals surface area contributed by atoms with Crippen molar-refractivity contribution in [1.29, 1.82) is 0 Å². The second-order valence-electron chi connectivity index (χ2n) is 4.40. The van der Waals surface area contributed by atoms with E-state index in [0.29, 0.717) is 22.3 Å². The Labute approximate surface area is 134 Å². The van der Waals surface area contributed by atoms with E-state index in [-0.39, 0.29) is 5.38 Å². The standard InChI is InChI=1S/C16H16Cl2O3/c1-19-12-6-11(7-13(9-12)20-2)16(18)10-4-5-15(21-3)14(17)8-10/h4-9,16H,1-3H3. The topological polar surface area (TPSA) is 27.7 Å². The maximum absolute atomic E-state index is 6.55. The SMILES string of the molecule is COc1cc(OC)cc(C(Cl)c2ccc(OC)c(Cl)c2)c1. The molecule has 0 saturated heterocycles. The quantitative estimate of drug-likeness (QED) is 0.746. The summed E-state index contributed by atoms with van der Waals surface area (Å²) in [6, 6.07) is 11.0. The third-order valence-corrected chi connectivity index (χ3v) is 3.93. The maximum Gasteiger partial charge on any atom is 0.137 e. The number of hydrogen-bond acceptors (Lipinski definition) is 3. The van der Waals surface area contributed by atoms with E-state index in [4.69, 9.17) is 37.4 Å². The summed E-state index contributed by atoms with van der Waals surface area (Å²) in [4.78, 5) is 0. The van der Waals surface area contributed by atoms with E-state index in [1.165, 1.54) is 0 Å². The van der Waals surface area contributed by atoms with Gasteiger partial charge in [-0.05, 0) is 35.4 Å². The van der Waals surface area contributed by atoms with Gasteiger partial charge in [-0.1, -0.05) is 17.7 Å². The molecule has 2 aromatic carbocycles. The van der Waals surface area contributed by atoms with E-state index in [2.05, 4.69) is 0 Å². The van der Waals surface area contributed by atoms with Gasteiger partial charge in [-0.25, -0.2) is 0 Å². The van der Waals surface area contributed by atoms with Crippen LogP contribution in [0, 0.1) is 0 Å². The van der Waals surface area contributed by atoms with E-state index in [0.717, 1.165) is 11.1 Å². The Morgan fingerprint density at radius 3 is 1.90 bits per heavy atom. The van der Waals surface area contributed by atoms with E-state index < -0.39 is 0 Å². The molecule has 0 radical (unpaired) electrons. The van der Waals surface area contributed by atoms with Gasteiger partial charge in [0.05, 0.1) is 31.7 Å². The van der Waals surface area contributed by atoms with Crippen molar-refractivity contribution in [2.45, 2.75) is 5.38 Å². The normalized spacial score (nSPS) is 11.9. The van der Waals surface area contributed by atoms with Gasteiger partial charge in [0, 0.05) is 6.07 Å². The molecule has 5 heteroatoms. The Morgan fingerprint density at radius 2 is 1.43 bits per heavy atom. The van der Waals surface area contributed by atoms with Gasteiger partial charge in [-0.3, -0.25) is 0 Å². The Hall–Kier alpha value is -1.58. The molecule has 0 fully saturated rings. The lowest BCUT2D eigenvalue weighted by Gasteiger charge is -2.14. The summed E-state index contributed by atoms with van der Waals surface area (Å²) in [6.07, 6.45) is 0. The van der Waals surface area contributed by atoms with Gasteiger partial charge in [-0.2, -0.15) is 0 Å². The Morgan fingerprint density at radius 1 is 0.810 bits per heavy atom. The molecule has 0 N–H and O–H groups in total. The van der Waals surface area contributed by atoms with Crippen LogP contribution in [0.1, 0.15) is 16.5 Å². The van der Waals surface area contributed by atoms with E-state index >= 15 is 0 Å². The summed E-state index contributed by atoms with van der Waals surface area (Å²) in [5.74, 6) is 2.00. The van der Waals surface area contributed by atoms with Crippen molar-refractivity contribution in [3.63, 3.8) is 0 Å².